The Morgan fingerprint density at radius 2 is 1.60 bits per heavy atom. The van der Waals surface area contributed by atoms with Crippen LogP contribution in [0.1, 0.15) is 60.5 Å². The van der Waals surface area contributed by atoms with Gasteiger partial charge in [-0.25, -0.2) is 8.42 Å². The van der Waals surface area contributed by atoms with E-state index in [1.54, 1.807) is 12.1 Å². The minimum Gasteiger partial charge on any atom is -0.395 e. The minimum atomic E-state index is -5.78. The third kappa shape index (κ3) is 13.2. The number of hydrogen-bond donors (Lipinski definition) is 3. The van der Waals surface area contributed by atoms with Gasteiger partial charge in [0.05, 0.1) is 12.3 Å². The summed E-state index contributed by atoms with van der Waals surface area (Å²) in [7, 11) is -3.95. The summed E-state index contributed by atoms with van der Waals surface area (Å²) in [6, 6.07) is 34.8. The maximum Gasteiger partial charge on any atom is 0.501 e. The lowest BCUT2D eigenvalue weighted by atomic mass is 9.85. The van der Waals surface area contributed by atoms with Gasteiger partial charge in [0.1, 0.15) is 4.90 Å². The number of alkyl halides is 3. The number of halogens is 4. The van der Waals surface area contributed by atoms with Crippen LogP contribution in [0.25, 0.3) is 11.1 Å². The number of nitrogens with one attached hydrogen (secondary N) is 2. The molecule has 1 unspecified atom stereocenters. The number of anilines is 2. The lowest BCUT2D eigenvalue weighted by Gasteiger charge is -2.34. The maximum absolute atomic E-state index is 14.1. The molecule has 0 spiro atoms. The number of rotatable bonds is 19. The van der Waals surface area contributed by atoms with Crippen LogP contribution in [-0.4, -0.2) is 81.5 Å². The van der Waals surface area contributed by atoms with E-state index in [4.69, 9.17) is 11.6 Å². The van der Waals surface area contributed by atoms with Gasteiger partial charge >= 0.3 is 5.51 Å². The number of carbonyl (C=O) groups is 1. The molecule has 6 rings (SSSR count). The molecule has 1 heterocycles. The van der Waals surface area contributed by atoms with E-state index >= 15 is 0 Å². The molecule has 0 bridgehead atoms. The maximum atomic E-state index is 14.1. The van der Waals surface area contributed by atoms with Crippen molar-refractivity contribution in [1.82, 2.24) is 9.62 Å². The number of amides is 1. The molecular formula is C48H54ClF3N4O4S3. The number of aliphatic hydroxyl groups excluding tert-OH is 1. The fourth-order valence-corrected chi connectivity index (χ4v) is 10.4. The Morgan fingerprint density at radius 1 is 0.905 bits per heavy atom. The molecule has 1 amide bonds. The number of likely N-dealkylation sites (N-methyl/N-ethyl adjacent to an activating group) is 1. The number of piperidine rings is 1. The third-order valence-electron chi connectivity index (χ3n) is 11.3. The van der Waals surface area contributed by atoms with Crippen molar-refractivity contribution in [3.63, 3.8) is 0 Å². The van der Waals surface area contributed by atoms with Gasteiger partial charge in [-0.1, -0.05) is 74.0 Å². The van der Waals surface area contributed by atoms with Crippen LogP contribution in [0.4, 0.5) is 24.5 Å². The number of aliphatic hydroxyl groups is 1. The lowest BCUT2D eigenvalue weighted by molar-refractivity contribution is -0.0435. The lowest BCUT2D eigenvalue weighted by Crippen LogP contribution is -2.34. The summed E-state index contributed by atoms with van der Waals surface area (Å²) in [4.78, 5) is 17.6. The van der Waals surface area contributed by atoms with Crippen molar-refractivity contribution in [3.8, 4) is 11.1 Å². The molecular weight excluding hydrogens is 885 g/mol. The normalized spacial score (nSPS) is 14.3. The molecule has 336 valence electrons. The molecule has 1 aliphatic heterocycles. The Bertz CT molecular complexity index is 2380. The van der Waals surface area contributed by atoms with E-state index in [9.17, 15) is 31.5 Å². The summed E-state index contributed by atoms with van der Waals surface area (Å²) in [6.45, 7) is 7.03. The minimum absolute atomic E-state index is 0.0505. The van der Waals surface area contributed by atoms with Crippen LogP contribution in [0.15, 0.2) is 130 Å². The molecule has 8 nitrogen and oxygen atoms in total. The zero-order chi connectivity index (χ0) is 45.1. The highest BCUT2D eigenvalue weighted by Gasteiger charge is 2.48. The highest BCUT2D eigenvalue weighted by atomic mass is 35.5. The van der Waals surface area contributed by atoms with E-state index in [1.165, 1.54) is 40.6 Å². The van der Waals surface area contributed by atoms with Gasteiger partial charge in [0, 0.05) is 57.5 Å². The fraction of sp³-hybridized carbons (Fsp3) is 0.354. The van der Waals surface area contributed by atoms with Gasteiger partial charge in [-0.2, -0.15) is 13.2 Å². The summed E-state index contributed by atoms with van der Waals surface area (Å²) in [5.74, 6) is 0.898. The zero-order valence-corrected chi connectivity index (χ0v) is 38.8. The molecule has 1 atom stereocenters. The first-order valence-electron chi connectivity index (χ1n) is 21.0. The first-order valence-corrected chi connectivity index (χ1v) is 24.7. The van der Waals surface area contributed by atoms with Gasteiger partial charge in [0.2, 0.25) is 0 Å². The van der Waals surface area contributed by atoms with Crippen molar-refractivity contribution in [3.05, 3.63) is 137 Å². The number of nitrogens with zero attached hydrogens (tertiary/aromatic N) is 2. The SMILES string of the molecule is CC(C)c1ccc(-c2ccc(Cl)cc2)c(CC2CCN(c3ccc(C(=O)NSc4ccc(NC(CCN(C)CCO)CSc5ccccc5)c(S(=O)(=O)C(F)(F)F)c4)cc3)CC2)c1. The molecule has 0 aliphatic carbocycles. The largest absolute Gasteiger partial charge is 0.501 e. The van der Waals surface area contributed by atoms with Crippen LogP contribution in [0.2, 0.25) is 5.02 Å². The predicted octanol–water partition coefficient (Wildman–Crippen LogP) is 11.2. The third-order valence-corrected chi connectivity index (χ3v) is 15.0. The Kier molecular flexibility index (Phi) is 17.0. The molecule has 1 saturated heterocycles. The monoisotopic (exact) mass is 938 g/mol. The number of thioether (sulfide) groups is 1. The van der Waals surface area contributed by atoms with E-state index in [1.807, 2.05) is 66.5 Å². The van der Waals surface area contributed by atoms with Crippen molar-refractivity contribution in [2.24, 2.45) is 5.92 Å². The summed E-state index contributed by atoms with van der Waals surface area (Å²) >= 11 is 8.43. The molecule has 0 radical (unpaired) electrons. The summed E-state index contributed by atoms with van der Waals surface area (Å²) in [5, 5.41) is 13.1. The highest BCUT2D eigenvalue weighted by Crippen LogP contribution is 2.38. The second kappa shape index (κ2) is 22.1. The van der Waals surface area contributed by atoms with E-state index in [2.05, 4.69) is 59.1 Å². The Balaban J connectivity index is 1.09. The van der Waals surface area contributed by atoms with Crippen molar-refractivity contribution in [1.29, 1.82) is 0 Å². The zero-order valence-electron chi connectivity index (χ0n) is 35.6. The molecule has 5 aromatic rings. The first kappa shape index (κ1) is 48.3. The molecule has 1 aliphatic rings. The van der Waals surface area contributed by atoms with Crippen LogP contribution >= 0.6 is 35.3 Å². The molecule has 0 saturated carbocycles. The molecule has 1 fully saturated rings. The van der Waals surface area contributed by atoms with E-state index < -0.39 is 32.2 Å². The average molecular weight is 940 g/mol. The fourth-order valence-electron chi connectivity index (χ4n) is 7.57. The second-order valence-corrected chi connectivity index (χ2v) is 20.5. The summed E-state index contributed by atoms with van der Waals surface area (Å²) in [6.07, 6.45) is 3.47. The van der Waals surface area contributed by atoms with E-state index in [-0.39, 0.29) is 17.2 Å². The van der Waals surface area contributed by atoms with Crippen molar-refractivity contribution >= 4 is 62.4 Å². The van der Waals surface area contributed by atoms with Gasteiger partial charge in [0.25, 0.3) is 15.7 Å². The van der Waals surface area contributed by atoms with E-state index in [0.29, 0.717) is 47.7 Å². The van der Waals surface area contributed by atoms with Gasteiger partial charge in [-0.3, -0.25) is 9.52 Å². The van der Waals surface area contributed by atoms with Crippen molar-refractivity contribution in [2.45, 2.75) is 71.7 Å². The summed E-state index contributed by atoms with van der Waals surface area (Å²) in [5.41, 5.74) is 0.665. The second-order valence-electron chi connectivity index (χ2n) is 16.2. The predicted molar refractivity (Wildman–Crippen MR) is 253 cm³/mol. The van der Waals surface area contributed by atoms with Crippen LogP contribution in [0.3, 0.4) is 0 Å². The topological polar surface area (TPSA) is 102 Å². The molecule has 15 heteroatoms. The van der Waals surface area contributed by atoms with Crippen LogP contribution < -0.4 is 14.9 Å². The Hall–Kier alpha value is -4.18. The molecule has 3 N–H and O–H groups in total. The average Bonchev–Trinajstić information content (AvgIpc) is 3.27. The standard InChI is InChI=1S/C48H54ClF3N4O4S3/c1-33(2)37-13-19-44(35-9-14-39(49)15-10-35)38(30-37)29-34-21-25-56(26-22-34)41-16-11-36(12-17-41)47(58)54-62-43-18-20-45(46(31-43)63(59,60)48(50,51)52)53-40(23-24-55(3)27-28-57)32-61-42-7-5-4-6-8-42/h4-20,30-31,33-34,40,53,57H,21-29,32H2,1-3H3,(H,54,58). The Morgan fingerprint density at radius 3 is 2.25 bits per heavy atom. The molecule has 63 heavy (non-hydrogen) atoms. The quantitative estimate of drug-likeness (QED) is 0.0552. The summed E-state index contributed by atoms with van der Waals surface area (Å²) < 4.78 is 70.8. The Labute approximate surface area is 383 Å². The van der Waals surface area contributed by atoms with Gasteiger partial charge < -0.3 is 20.2 Å². The smallest absolute Gasteiger partial charge is 0.395 e. The van der Waals surface area contributed by atoms with Gasteiger partial charge in [-0.05, 0) is 152 Å². The van der Waals surface area contributed by atoms with Crippen molar-refractivity contribution < 1.29 is 31.5 Å². The first-order chi connectivity index (χ1) is 30.1. The number of benzene rings is 5. The van der Waals surface area contributed by atoms with Gasteiger partial charge in [0.15, 0.2) is 0 Å². The van der Waals surface area contributed by atoms with Gasteiger partial charge in [-0.15, -0.1) is 11.8 Å². The van der Waals surface area contributed by atoms with Crippen LogP contribution in [0, 0.1) is 5.92 Å². The molecule has 0 aromatic heterocycles. The number of carbonyl (C=O) groups excluding carboxylic acids is 1. The molecule has 5 aromatic carbocycles. The van der Waals surface area contributed by atoms with Crippen molar-refractivity contribution in [2.75, 3.05) is 55.8 Å². The number of hydrogen-bond acceptors (Lipinski definition) is 9. The van der Waals surface area contributed by atoms with Crippen LogP contribution in [0.5, 0.6) is 0 Å². The van der Waals surface area contributed by atoms with Crippen LogP contribution in [-0.2, 0) is 16.3 Å². The van der Waals surface area contributed by atoms with E-state index in [0.717, 1.165) is 66.5 Å². The number of sulfone groups is 1. The highest BCUT2D eigenvalue weighted by molar-refractivity contribution is 7.99.